The summed E-state index contributed by atoms with van der Waals surface area (Å²) in [6, 6.07) is -0.0685. The summed E-state index contributed by atoms with van der Waals surface area (Å²) in [6.45, 7) is 3.58. The molecule has 1 unspecified atom stereocenters. The maximum absolute atomic E-state index is 11.8. The number of thioether (sulfide) groups is 1. The fraction of sp³-hybridized carbons (Fsp3) is 0.667. The fourth-order valence-electron chi connectivity index (χ4n) is 1.22. The van der Waals surface area contributed by atoms with Crippen LogP contribution < -0.4 is 4.72 Å². The van der Waals surface area contributed by atoms with Crippen LogP contribution in [0.25, 0.3) is 0 Å². The van der Waals surface area contributed by atoms with Crippen molar-refractivity contribution in [3.63, 3.8) is 0 Å². The molecule has 0 aromatic carbocycles. The smallest absolute Gasteiger partial charge is 0.257 e. The topological polar surface area (TPSA) is 74.8 Å². The lowest BCUT2D eigenvalue weighted by atomic mass is 10.3. The van der Waals surface area contributed by atoms with Crippen molar-refractivity contribution < 1.29 is 8.42 Å². The van der Waals surface area contributed by atoms with Crippen LogP contribution in [-0.4, -0.2) is 36.4 Å². The van der Waals surface area contributed by atoms with Crippen LogP contribution in [0.5, 0.6) is 0 Å². The molecular weight excluding hydrogens is 246 g/mol. The molecule has 1 heterocycles. The number of aromatic amines is 1. The van der Waals surface area contributed by atoms with Crippen molar-refractivity contribution in [2.24, 2.45) is 0 Å². The summed E-state index contributed by atoms with van der Waals surface area (Å²) >= 11 is 1.70. The van der Waals surface area contributed by atoms with Gasteiger partial charge in [0.25, 0.3) is 10.0 Å². The van der Waals surface area contributed by atoms with Gasteiger partial charge < -0.3 is 4.98 Å². The summed E-state index contributed by atoms with van der Waals surface area (Å²) in [5.74, 6) is 1.53. The maximum atomic E-state index is 11.8. The number of hydrogen-bond acceptors (Lipinski definition) is 4. The Kier molecular flexibility index (Phi) is 4.82. The van der Waals surface area contributed by atoms with E-state index in [4.69, 9.17) is 0 Å². The molecular formula is C9H17N3O2S2. The largest absolute Gasteiger partial charge is 0.332 e. The fourth-order valence-corrected chi connectivity index (χ4v) is 3.05. The molecule has 5 nitrogen and oxygen atoms in total. The van der Waals surface area contributed by atoms with Gasteiger partial charge in [0.2, 0.25) is 0 Å². The average molecular weight is 263 g/mol. The van der Waals surface area contributed by atoms with Gasteiger partial charge in [-0.1, -0.05) is 0 Å². The lowest BCUT2D eigenvalue weighted by molar-refractivity contribution is 0.554. The molecule has 0 saturated carbocycles. The van der Waals surface area contributed by atoms with Gasteiger partial charge in [-0.15, -0.1) is 0 Å². The zero-order valence-electron chi connectivity index (χ0n) is 9.65. The van der Waals surface area contributed by atoms with E-state index in [2.05, 4.69) is 14.7 Å². The van der Waals surface area contributed by atoms with E-state index in [1.165, 1.54) is 6.20 Å². The Bertz CT molecular complexity index is 428. The Morgan fingerprint density at radius 2 is 2.31 bits per heavy atom. The van der Waals surface area contributed by atoms with Gasteiger partial charge in [-0.3, -0.25) is 0 Å². The van der Waals surface area contributed by atoms with E-state index in [9.17, 15) is 8.42 Å². The molecule has 16 heavy (non-hydrogen) atoms. The van der Waals surface area contributed by atoms with Crippen LogP contribution in [-0.2, 0) is 10.0 Å². The normalized spacial score (nSPS) is 13.9. The molecule has 1 aromatic heterocycles. The van der Waals surface area contributed by atoms with E-state index < -0.39 is 10.0 Å². The van der Waals surface area contributed by atoms with E-state index in [0.717, 1.165) is 12.2 Å². The lowest BCUT2D eigenvalue weighted by Gasteiger charge is -2.12. The predicted molar refractivity (Wildman–Crippen MR) is 66.1 cm³/mol. The first-order valence-corrected chi connectivity index (χ1v) is 7.86. The SMILES string of the molecule is CSCCC(C)NS(=O)(=O)c1cnc(C)[nH]1. The zero-order chi connectivity index (χ0) is 12.2. The van der Waals surface area contributed by atoms with Gasteiger partial charge in [-0.2, -0.15) is 11.8 Å². The van der Waals surface area contributed by atoms with Crippen molar-refractivity contribution >= 4 is 21.8 Å². The van der Waals surface area contributed by atoms with Crippen LogP contribution in [0, 0.1) is 6.92 Å². The number of aromatic nitrogens is 2. The molecule has 1 atom stereocenters. The van der Waals surface area contributed by atoms with Gasteiger partial charge >= 0.3 is 0 Å². The van der Waals surface area contributed by atoms with Gasteiger partial charge in [-0.25, -0.2) is 18.1 Å². The molecule has 0 radical (unpaired) electrons. The Hall–Kier alpha value is -0.530. The van der Waals surface area contributed by atoms with E-state index in [1.54, 1.807) is 18.7 Å². The standard InChI is InChI=1S/C9H17N3O2S2/c1-7(4-5-15-3)12-16(13,14)9-6-10-8(2)11-9/h6-7,12H,4-5H2,1-3H3,(H,10,11). The third-order valence-corrected chi connectivity index (χ3v) is 4.22. The van der Waals surface area contributed by atoms with Crippen LogP contribution in [0.1, 0.15) is 19.2 Å². The first kappa shape index (κ1) is 13.5. The number of H-pyrrole nitrogens is 1. The molecule has 7 heteroatoms. The highest BCUT2D eigenvalue weighted by Crippen LogP contribution is 2.08. The van der Waals surface area contributed by atoms with Gasteiger partial charge in [0.1, 0.15) is 5.82 Å². The van der Waals surface area contributed by atoms with Crippen molar-refractivity contribution in [2.75, 3.05) is 12.0 Å². The summed E-state index contributed by atoms with van der Waals surface area (Å²) in [5, 5.41) is 0.126. The zero-order valence-corrected chi connectivity index (χ0v) is 11.3. The second-order valence-electron chi connectivity index (χ2n) is 3.64. The second kappa shape index (κ2) is 5.70. The quantitative estimate of drug-likeness (QED) is 0.807. The van der Waals surface area contributed by atoms with Crippen LogP contribution in [0.3, 0.4) is 0 Å². The monoisotopic (exact) mass is 263 g/mol. The summed E-state index contributed by atoms with van der Waals surface area (Å²) < 4.78 is 26.3. The average Bonchev–Trinajstić information content (AvgIpc) is 2.62. The molecule has 0 fully saturated rings. The van der Waals surface area contributed by atoms with Crippen molar-refractivity contribution in [3.05, 3.63) is 12.0 Å². The van der Waals surface area contributed by atoms with E-state index in [-0.39, 0.29) is 11.1 Å². The van der Waals surface area contributed by atoms with Crippen molar-refractivity contribution in [1.29, 1.82) is 0 Å². The molecule has 0 saturated heterocycles. The number of hydrogen-bond donors (Lipinski definition) is 2. The third kappa shape index (κ3) is 3.80. The Morgan fingerprint density at radius 1 is 1.62 bits per heavy atom. The number of nitrogens with zero attached hydrogens (tertiary/aromatic N) is 1. The number of imidazole rings is 1. The Labute approximate surface area is 100 Å². The second-order valence-corrected chi connectivity index (χ2v) is 6.30. The van der Waals surface area contributed by atoms with Gasteiger partial charge in [0.15, 0.2) is 5.03 Å². The van der Waals surface area contributed by atoms with Crippen molar-refractivity contribution in [3.8, 4) is 0 Å². The Balaban J connectivity index is 2.65. The number of rotatable bonds is 6. The van der Waals surface area contributed by atoms with Gasteiger partial charge in [0, 0.05) is 6.04 Å². The minimum Gasteiger partial charge on any atom is -0.332 e. The highest BCUT2D eigenvalue weighted by Gasteiger charge is 2.18. The summed E-state index contributed by atoms with van der Waals surface area (Å²) in [7, 11) is -3.45. The van der Waals surface area contributed by atoms with E-state index >= 15 is 0 Å². The molecule has 0 aliphatic carbocycles. The summed E-state index contributed by atoms with van der Waals surface area (Å²) in [6.07, 6.45) is 4.14. The molecule has 2 N–H and O–H groups in total. The molecule has 0 spiro atoms. The van der Waals surface area contributed by atoms with Crippen LogP contribution >= 0.6 is 11.8 Å². The highest BCUT2D eigenvalue weighted by molar-refractivity contribution is 7.98. The third-order valence-electron chi connectivity index (χ3n) is 2.08. The summed E-state index contributed by atoms with van der Waals surface area (Å²) in [5.41, 5.74) is 0. The predicted octanol–water partition coefficient (Wildman–Crippen LogP) is 1.14. The van der Waals surface area contributed by atoms with E-state index in [1.807, 2.05) is 13.2 Å². The minimum atomic E-state index is -3.45. The van der Waals surface area contributed by atoms with Crippen LogP contribution in [0.4, 0.5) is 0 Å². The molecule has 0 amide bonds. The first-order valence-electron chi connectivity index (χ1n) is 4.98. The summed E-state index contributed by atoms with van der Waals surface area (Å²) in [4.78, 5) is 6.58. The minimum absolute atomic E-state index is 0.0685. The Morgan fingerprint density at radius 3 is 2.81 bits per heavy atom. The molecule has 1 aromatic rings. The van der Waals surface area contributed by atoms with E-state index in [0.29, 0.717) is 5.82 Å². The molecule has 1 rings (SSSR count). The number of nitrogens with one attached hydrogen (secondary N) is 2. The molecule has 0 aliphatic rings. The number of aryl methyl sites for hydroxylation is 1. The molecule has 92 valence electrons. The molecule has 0 aliphatic heterocycles. The van der Waals surface area contributed by atoms with Crippen molar-refractivity contribution in [2.45, 2.75) is 31.3 Å². The van der Waals surface area contributed by atoms with Gasteiger partial charge in [0.05, 0.1) is 6.20 Å². The lowest BCUT2D eigenvalue weighted by Crippen LogP contribution is -2.33. The highest BCUT2D eigenvalue weighted by atomic mass is 32.2. The van der Waals surface area contributed by atoms with Gasteiger partial charge in [-0.05, 0) is 32.3 Å². The van der Waals surface area contributed by atoms with Crippen molar-refractivity contribution in [1.82, 2.24) is 14.7 Å². The van der Waals surface area contributed by atoms with Crippen LogP contribution in [0.2, 0.25) is 0 Å². The maximum Gasteiger partial charge on any atom is 0.257 e. The van der Waals surface area contributed by atoms with Crippen LogP contribution in [0.15, 0.2) is 11.2 Å². The molecule has 0 bridgehead atoms. The number of sulfonamides is 1. The first-order chi connectivity index (χ1) is 7.45.